The zero-order chi connectivity index (χ0) is 18.0. The molecule has 5 nitrogen and oxygen atoms in total. The van der Waals surface area contributed by atoms with Crippen LogP contribution in [-0.4, -0.2) is 40.1 Å². The van der Waals surface area contributed by atoms with Crippen molar-refractivity contribution >= 4 is 17.6 Å². The molecule has 1 heterocycles. The Bertz CT molecular complexity index is 646. The predicted molar refractivity (Wildman–Crippen MR) is 103 cm³/mol. The Morgan fingerprint density at radius 1 is 1.41 bits per heavy atom. The molecule has 4 N–H and O–H groups in total. The van der Waals surface area contributed by atoms with Crippen LogP contribution in [0.4, 0.5) is 0 Å². The number of hydrogen-bond donors (Lipinski definition) is 2. The van der Waals surface area contributed by atoms with Gasteiger partial charge in [-0.05, 0) is 61.9 Å². The second-order valence-corrected chi connectivity index (χ2v) is 7.97. The molecular weight excluding hydrogens is 391 g/mol. The van der Waals surface area contributed by atoms with Crippen molar-refractivity contribution in [1.29, 1.82) is 0 Å². The Balaban J connectivity index is 0.00000182. The maximum Gasteiger partial charge on any atom is 1.00 e. The molecule has 1 aliphatic carbocycles. The van der Waals surface area contributed by atoms with Gasteiger partial charge in [-0.1, -0.05) is 24.1 Å². The van der Waals surface area contributed by atoms with E-state index in [0.717, 1.165) is 56.6 Å². The topological polar surface area (TPSA) is 96.6 Å². The summed E-state index contributed by atoms with van der Waals surface area (Å²) < 4.78 is 0. The third-order valence-corrected chi connectivity index (χ3v) is 6.25. The van der Waals surface area contributed by atoms with Crippen molar-refractivity contribution in [3.8, 4) is 0 Å². The molecule has 2 aliphatic rings. The fourth-order valence-electron chi connectivity index (χ4n) is 4.53. The van der Waals surface area contributed by atoms with Gasteiger partial charge in [0.2, 0.25) is 0 Å². The van der Waals surface area contributed by atoms with Crippen molar-refractivity contribution < 1.29 is 66.8 Å². The SMILES string of the molecule is [CH2-]CCCC(N)(C(=O)O)C1CCN(C2CCCc3cc(Cl)ccc32)C1.[K+].[OH-]. The van der Waals surface area contributed by atoms with Gasteiger partial charge in [-0.2, -0.15) is 6.42 Å². The van der Waals surface area contributed by atoms with Crippen LogP contribution in [0.25, 0.3) is 0 Å². The number of hydrogen-bond acceptors (Lipinski definition) is 4. The van der Waals surface area contributed by atoms with E-state index in [2.05, 4.69) is 24.0 Å². The second-order valence-electron chi connectivity index (χ2n) is 7.53. The van der Waals surface area contributed by atoms with Crippen molar-refractivity contribution in [3.63, 3.8) is 0 Å². The molecule has 1 saturated heterocycles. The van der Waals surface area contributed by atoms with E-state index in [9.17, 15) is 9.90 Å². The smallest absolute Gasteiger partial charge is 0.870 e. The quantitative estimate of drug-likeness (QED) is 0.521. The van der Waals surface area contributed by atoms with Crippen LogP contribution in [0.2, 0.25) is 5.02 Å². The Kier molecular flexibility index (Phi) is 10.4. The molecule has 1 aromatic rings. The van der Waals surface area contributed by atoms with Crippen molar-refractivity contribution in [1.82, 2.24) is 4.90 Å². The zero-order valence-electron chi connectivity index (χ0n) is 16.2. The molecule has 0 amide bonds. The fraction of sp³-hybridized carbons (Fsp3) is 0.600. The molecule has 27 heavy (non-hydrogen) atoms. The number of carboxylic acid groups (broad SMARTS) is 1. The fourth-order valence-corrected chi connectivity index (χ4v) is 4.73. The molecule has 0 bridgehead atoms. The number of benzene rings is 1. The van der Waals surface area contributed by atoms with Gasteiger partial charge >= 0.3 is 57.4 Å². The van der Waals surface area contributed by atoms with Crippen molar-refractivity contribution in [2.45, 2.75) is 56.5 Å². The van der Waals surface area contributed by atoms with Gasteiger partial charge in [0.05, 0.1) is 0 Å². The van der Waals surface area contributed by atoms with Gasteiger partial charge in [-0.3, -0.25) is 9.69 Å². The maximum atomic E-state index is 11.9. The summed E-state index contributed by atoms with van der Waals surface area (Å²) in [6, 6.07) is 6.54. The molecule has 1 aromatic carbocycles. The van der Waals surface area contributed by atoms with Crippen LogP contribution in [0.1, 0.15) is 55.7 Å². The molecule has 146 valence electrons. The monoisotopic (exact) mass is 419 g/mol. The first kappa shape index (κ1) is 25.5. The third kappa shape index (κ3) is 5.56. The molecule has 0 aromatic heterocycles. The molecule has 3 rings (SSSR count). The van der Waals surface area contributed by atoms with E-state index >= 15 is 0 Å². The Labute approximate surface area is 209 Å². The normalized spacial score (nSPS) is 24.3. The number of fused-ring (bicyclic) bond motifs is 1. The van der Waals surface area contributed by atoms with Crippen LogP contribution in [0.15, 0.2) is 18.2 Å². The van der Waals surface area contributed by atoms with E-state index in [0.29, 0.717) is 12.5 Å². The summed E-state index contributed by atoms with van der Waals surface area (Å²) in [4.78, 5) is 14.3. The number of aliphatic carboxylic acids is 1. The molecule has 1 fully saturated rings. The molecule has 0 radical (unpaired) electrons. The molecule has 1 aliphatic heterocycles. The van der Waals surface area contributed by atoms with Crippen LogP contribution in [0.5, 0.6) is 0 Å². The molecule has 3 unspecified atom stereocenters. The minimum atomic E-state index is -1.13. The molecule has 7 heteroatoms. The minimum absolute atomic E-state index is 0. The predicted octanol–water partition coefficient (Wildman–Crippen LogP) is 0.653. The van der Waals surface area contributed by atoms with Crippen LogP contribution in [0, 0.1) is 12.8 Å². The number of likely N-dealkylation sites (tertiary alicyclic amines) is 1. The third-order valence-electron chi connectivity index (χ3n) is 6.02. The van der Waals surface area contributed by atoms with Crippen LogP contribution in [0.3, 0.4) is 0 Å². The van der Waals surface area contributed by atoms with E-state index in [1.807, 2.05) is 6.07 Å². The summed E-state index contributed by atoms with van der Waals surface area (Å²) in [5, 5.41) is 10.5. The summed E-state index contributed by atoms with van der Waals surface area (Å²) in [6.45, 7) is 5.49. The Hall–Kier alpha value is 0.496. The van der Waals surface area contributed by atoms with Gasteiger partial charge in [-0.25, -0.2) is 0 Å². The average molecular weight is 420 g/mol. The standard InChI is InChI=1S/C20H28ClN2O2.K.H2O/c1-2-3-10-20(22,19(24)25)15-9-11-23(13-15)18-6-4-5-14-12-16(21)7-8-17(14)18;;/h7-8,12,15,18H,1-6,9-11,13,22H2,(H,24,25);;1H2/q-1;+1;/p-1. The first-order chi connectivity index (χ1) is 12.0. The number of halogens is 1. The van der Waals surface area contributed by atoms with E-state index in [1.54, 1.807) is 0 Å². The van der Waals surface area contributed by atoms with Crippen molar-refractivity contribution in [2.75, 3.05) is 13.1 Å². The van der Waals surface area contributed by atoms with Crippen LogP contribution in [-0.2, 0) is 11.2 Å². The van der Waals surface area contributed by atoms with E-state index in [4.69, 9.17) is 17.3 Å². The first-order valence-electron chi connectivity index (χ1n) is 9.29. The van der Waals surface area contributed by atoms with Crippen molar-refractivity contribution in [3.05, 3.63) is 41.3 Å². The van der Waals surface area contributed by atoms with Crippen LogP contribution >= 0.6 is 11.6 Å². The number of nitrogens with zero attached hydrogens (tertiary/aromatic N) is 1. The van der Waals surface area contributed by atoms with E-state index < -0.39 is 11.5 Å². The van der Waals surface area contributed by atoms with Gasteiger partial charge in [-0.15, -0.1) is 0 Å². The van der Waals surface area contributed by atoms with Gasteiger partial charge in [0.15, 0.2) is 0 Å². The second kappa shape index (κ2) is 11.0. The molecular formula is C20H29ClKN2O3-. The van der Waals surface area contributed by atoms with Gasteiger partial charge in [0.1, 0.15) is 5.54 Å². The number of carbonyl (C=O) groups is 1. The van der Waals surface area contributed by atoms with Gasteiger partial charge in [0, 0.05) is 23.5 Å². The number of nitrogens with two attached hydrogens (primary N) is 1. The average Bonchev–Trinajstić information content (AvgIpc) is 3.09. The number of carboxylic acids is 1. The first-order valence-corrected chi connectivity index (χ1v) is 9.67. The molecule has 0 spiro atoms. The largest absolute Gasteiger partial charge is 1.00 e. The zero-order valence-corrected chi connectivity index (χ0v) is 20.0. The van der Waals surface area contributed by atoms with Gasteiger partial charge in [0.25, 0.3) is 0 Å². The Morgan fingerprint density at radius 3 is 2.81 bits per heavy atom. The summed E-state index contributed by atoms with van der Waals surface area (Å²) in [5.41, 5.74) is 7.92. The van der Waals surface area contributed by atoms with Crippen molar-refractivity contribution in [2.24, 2.45) is 11.7 Å². The van der Waals surface area contributed by atoms with Crippen LogP contribution < -0.4 is 57.1 Å². The van der Waals surface area contributed by atoms with E-state index in [-0.39, 0.29) is 62.8 Å². The maximum absolute atomic E-state index is 11.9. The summed E-state index contributed by atoms with van der Waals surface area (Å²) in [7, 11) is 0. The summed E-state index contributed by atoms with van der Waals surface area (Å²) in [5.74, 6) is -0.877. The Morgan fingerprint density at radius 2 is 2.15 bits per heavy atom. The molecule has 3 atom stereocenters. The summed E-state index contributed by atoms with van der Waals surface area (Å²) in [6.07, 6.45) is 6.16. The minimum Gasteiger partial charge on any atom is -0.870 e. The van der Waals surface area contributed by atoms with Gasteiger partial charge < -0.3 is 23.2 Å². The number of aryl methyl sites for hydroxylation is 1. The van der Waals surface area contributed by atoms with E-state index in [1.165, 1.54) is 11.1 Å². The number of unbranched alkanes of at least 4 members (excludes halogenated alkanes) is 1. The molecule has 0 saturated carbocycles. The number of rotatable bonds is 6. The summed E-state index contributed by atoms with van der Waals surface area (Å²) >= 11 is 6.15.